The first-order chi connectivity index (χ1) is 10.3. The van der Waals surface area contributed by atoms with Crippen LogP contribution in [0.5, 0.6) is 5.75 Å². The maximum absolute atomic E-state index is 12.3. The van der Waals surface area contributed by atoms with Crippen LogP contribution in [-0.4, -0.2) is 14.0 Å². The molecule has 22 heavy (non-hydrogen) atoms. The molecule has 0 bridgehead atoms. The van der Waals surface area contributed by atoms with E-state index in [-0.39, 0.29) is 4.90 Å². The lowest BCUT2D eigenvalue weighted by atomic mass is 10.1. The third kappa shape index (κ3) is 4.86. The summed E-state index contributed by atoms with van der Waals surface area (Å²) in [4.78, 5) is 0.247. The van der Waals surface area contributed by atoms with Crippen LogP contribution in [-0.2, 0) is 16.6 Å². The number of sulfonamides is 1. The fourth-order valence-electron chi connectivity index (χ4n) is 1.95. The van der Waals surface area contributed by atoms with Crippen LogP contribution < -0.4 is 9.46 Å². The van der Waals surface area contributed by atoms with Crippen LogP contribution in [0.15, 0.2) is 59.5 Å². The van der Waals surface area contributed by atoms with Crippen LogP contribution in [0, 0.1) is 0 Å². The van der Waals surface area contributed by atoms with E-state index < -0.39 is 15.6 Å². The van der Waals surface area contributed by atoms with Gasteiger partial charge >= 0.3 is 0 Å². The molecule has 0 amide bonds. The summed E-state index contributed by atoms with van der Waals surface area (Å²) in [6.45, 7) is 5.76. The van der Waals surface area contributed by atoms with Gasteiger partial charge in [-0.2, -0.15) is 0 Å². The predicted molar refractivity (Wildman–Crippen MR) is 87.3 cm³/mol. The molecule has 0 aliphatic heterocycles. The van der Waals surface area contributed by atoms with E-state index in [0.29, 0.717) is 6.61 Å². The van der Waals surface area contributed by atoms with Crippen molar-refractivity contribution in [3.63, 3.8) is 0 Å². The van der Waals surface area contributed by atoms with Crippen LogP contribution in [0.2, 0.25) is 0 Å². The molecule has 0 heterocycles. The molecule has 0 aliphatic carbocycles. The zero-order chi connectivity index (χ0) is 16.2. The molecule has 0 unspecified atom stereocenters. The van der Waals surface area contributed by atoms with Gasteiger partial charge in [0.15, 0.2) is 0 Å². The number of para-hydroxylation sites is 1. The fraction of sp³-hybridized carbons (Fsp3) is 0.294. The smallest absolute Gasteiger partial charge is 0.241 e. The molecule has 0 spiro atoms. The Hall–Kier alpha value is -1.85. The zero-order valence-corrected chi connectivity index (χ0v) is 13.9. The normalized spacial score (nSPS) is 12.1. The van der Waals surface area contributed by atoms with Gasteiger partial charge in [0.25, 0.3) is 0 Å². The third-order valence-electron chi connectivity index (χ3n) is 2.80. The van der Waals surface area contributed by atoms with Crippen LogP contribution in [0.3, 0.4) is 0 Å². The summed E-state index contributed by atoms with van der Waals surface area (Å²) in [7, 11) is -3.53. The second kappa shape index (κ2) is 6.50. The first-order valence-corrected chi connectivity index (χ1v) is 8.55. The van der Waals surface area contributed by atoms with Gasteiger partial charge in [-0.05, 0) is 50.6 Å². The van der Waals surface area contributed by atoms with E-state index in [0.717, 1.165) is 11.3 Å². The summed E-state index contributed by atoms with van der Waals surface area (Å²) >= 11 is 0. The molecule has 5 heteroatoms. The van der Waals surface area contributed by atoms with E-state index in [1.165, 1.54) is 0 Å². The molecule has 0 atom stereocenters. The van der Waals surface area contributed by atoms with Crippen molar-refractivity contribution in [1.82, 2.24) is 4.72 Å². The summed E-state index contributed by atoms with van der Waals surface area (Å²) in [5.74, 6) is 0.753. The van der Waals surface area contributed by atoms with Gasteiger partial charge in [0.2, 0.25) is 10.0 Å². The molecule has 2 aromatic carbocycles. The third-order valence-corrected chi connectivity index (χ3v) is 4.55. The van der Waals surface area contributed by atoms with Gasteiger partial charge in [-0.25, -0.2) is 13.1 Å². The first kappa shape index (κ1) is 16.5. The highest BCUT2D eigenvalue weighted by molar-refractivity contribution is 7.89. The minimum atomic E-state index is -3.53. The molecule has 0 aliphatic rings. The standard InChI is InChI=1S/C17H21NO3S/c1-17(2,3)18-22(19,20)16-11-7-8-14(12-16)13-21-15-9-5-4-6-10-15/h4-12,18H,13H2,1-3H3. The largest absolute Gasteiger partial charge is 0.489 e. The van der Waals surface area contributed by atoms with Gasteiger partial charge in [0, 0.05) is 5.54 Å². The maximum Gasteiger partial charge on any atom is 0.241 e. The number of rotatable bonds is 5. The van der Waals surface area contributed by atoms with Gasteiger partial charge in [0.05, 0.1) is 4.90 Å². The summed E-state index contributed by atoms with van der Waals surface area (Å²) in [6, 6.07) is 16.2. The summed E-state index contributed by atoms with van der Waals surface area (Å²) in [6.07, 6.45) is 0. The molecule has 0 radical (unpaired) electrons. The highest BCUT2D eigenvalue weighted by atomic mass is 32.2. The maximum atomic E-state index is 12.3. The van der Waals surface area contributed by atoms with Crippen molar-refractivity contribution in [2.75, 3.05) is 0 Å². The molecule has 118 valence electrons. The summed E-state index contributed by atoms with van der Waals surface area (Å²) in [5.41, 5.74) is 0.288. The van der Waals surface area contributed by atoms with Crippen LogP contribution in [0.1, 0.15) is 26.3 Å². The van der Waals surface area contributed by atoms with Crippen LogP contribution in [0.4, 0.5) is 0 Å². The average Bonchev–Trinajstić information content (AvgIpc) is 2.44. The average molecular weight is 319 g/mol. The van der Waals surface area contributed by atoms with Gasteiger partial charge in [-0.1, -0.05) is 30.3 Å². The fourth-order valence-corrected chi connectivity index (χ4v) is 3.44. The second-order valence-corrected chi connectivity index (χ2v) is 7.79. The van der Waals surface area contributed by atoms with Crippen molar-refractivity contribution < 1.29 is 13.2 Å². The molecule has 0 saturated heterocycles. The van der Waals surface area contributed by atoms with E-state index in [9.17, 15) is 8.42 Å². The molecular weight excluding hydrogens is 298 g/mol. The molecule has 2 rings (SSSR count). The second-order valence-electron chi connectivity index (χ2n) is 6.10. The van der Waals surface area contributed by atoms with Gasteiger partial charge < -0.3 is 4.74 Å². The predicted octanol–water partition coefficient (Wildman–Crippen LogP) is 3.34. The van der Waals surface area contributed by atoms with Crippen molar-refractivity contribution in [2.24, 2.45) is 0 Å². The molecule has 1 N–H and O–H groups in total. The minimum absolute atomic E-state index is 0.247. The van der Waals surface area contributed by atoms with E-state index in [1.54, 1.807) is 18.2 Å². The Labute approximate surface area is 132 Å². The van der Waals surface area contributed by atoms with Gasteiger partial charge in [0.1, 0.15) is 12.4 Å². The lowest BCUT2D eigenvalue weighted by Crippen LogP contribution is -2.40. The molecular formula is C17H21NO3S. The van der Waals surface area contributed by atoms with E-state index in [2.05, 4.69) is 4.72 Å². The van der Waals surface area contributed by atoms with Gasteiger partial charge in [-0.3, -0.25) is 0 Å². The number of hydrogen-bond acceptors (Lipinski definition) is 3. The van der Waals surface area contributed by atoms with E-state index in [4.69, 9.17) is 4.74 Å². The zero-order valence-electron chi connectivity index (χ0n) is 13.0. The number of ether oxygens (including phenoxy) is 1. The van der Waals surface area contributed by atoms with Gasteiger partial charge in [-0.15, -0.1) is 0 Å². The van der Waals surface area contributed by atoms with Crippen LogP contribution >= 0.6 is 0 Å². The van der Waals surface area contributed by atoms with Crippen molar-refractivity contribution in [3.8, 4) is 5.75 Å². The molecule has 0 aromatic heterocycles. The Morgan fingerprint density at radius 3 is 2.32 bits per heavy atom. The number of nitrogens with one attached hydrogen (secondary N) is 1. The monoisotopic (exact) mass is 319 g/mol. The lowest BCUT2D eigenvalue weighted by molar-refractivity contribution is 0.306. The van der Waals surface area contributed by atoms with Crippen molar-refractivity contribution in [1.29, 1.82) is 0 Å². The first-order valence-electron chi connectivity index (χ1n) is 7.07. The Morgan fingerprint density at radius 1 is 1.00 bits per heavy atom. The highest BCUT2D eigenvalue weighted by Crippen LogP contribution is 2.16. The topological polar surface area (TPSA) is 55.4 Å². The van der Waals surface area contributed by atoms with Crippen molar-refractivity contribution >= 4 is 10.0 Å². The lowest BCUT2D eigenvalue weighted by Gasteiger charge is -2.20. The Bertz CT molecular complexity index is 719. The molecule has 2 aromatic rings. The molecule has 0 saturated carbocycles. The SMILES string of the molecule is CC(C)(C)NS(=O)(=O)c1cccc(COc2ccccc2)c1. The van der Waals surface area contributed by atoms with E-state index >= 15 is 0 Å². The Morgan fingerprint density at radius 2 is 1.68 bits per heavy atom. The molecule has 0 fully saturated rings. The summed E-state index contributed by atoms with van der Waals surface area (Å²) < 4.78 is 32.9. The Balaban J connectivity index is 2.13. The summed E-state index contributed by atoms with van der Waals surface area (Å²) in [5, 5.41) is 0. The quantitative estimate of drug-likeness (QED) is 0.919. The highest BCUT2D eigenvalue weighted by Gasteiger charge is 2.22. The van der Waals surface area contributed by atoms with Crippen molar-refractivity contribution in [2.45, 2.75) is 37.8 Å². The van der Waals surface area contributed by atoms with Crippen LogP contribution in [0.25, 0.3) is 0 Å². The van der Waals surface area contributed by atoms with E-state index in [1.807, 2.05) is 57.2 Å². The minimum Gasteiger partial charge on any atom is -0.489 e. The Kier molecular flexibility index (Phi) is 4.88. The number of hydrogen-bond donors (Lipinski definition) is 1. The molecule has 4 nitrogen and oxygen atoms in total. The van der Waals surface area contributed by atoms with Crippen molar-refractivity contribution in [3.05, 3.63) is 60.2 Å². The number of benzene rings is 2.